The normalized spacial score (nSPS) is 19.4. The lowest BCUT2D eigenvalue weighted by atomic mass is 9.70. The number of nitrogens with two attached hydrogens (primary N) is 1. The zero-order valence-corrected chi connectivity index (χ0v) is 9.91. The van der Waals surface area contributed by atoms with Gasteiger partial charge in [0.15, 0.2) is 0 Å². The van der Waals surface area contributed by atoms with Crippen molar-refractivity contribution in [3.8, 4) is 5.75 Å². The van der Waals surface area contributed by atoms with Gasteiger partial charge in [-0.1, -0.05) is 19.3 Å². The zero-order chi connectivity index (χ0) is 11.4. The lowest BCUT2D eigenvalue weighted by Gasteiger charge is -2.36. The molecule has 88 valence electrons. The Kier molecular flexibility index (Phi) is 3.44. The summed E-state index contributed by atoms with van der Waals surface area (Å²) in [5.74, 6) is 0.830. The van der Waals surface area contributed by atoms with Gasteiger partial charge in [0.2, 0.25) is 0 Å². The summed E-state index contributed by atoms with van der Waals surface area (Å²) in [7, 11) is 1.68. The minimum absolute atomic E-state index is 0.139. The first-order valence-electron chi connectivity index (χ1n) is 6.00. The highest BCUT2D eigenvalue weighted by molar-refractivity contribution is 5.31. The molecule has 3 heteroatoms. The van der Waals surface area contributed by atoms with Crippen molar-refractivity contribution in [3.05, 3.63) is 24.0 Å². The molecule has 0 aliphatic heterocycles. The molecule has 2 N–H and O–H groups in total. The van der Waals surface area contributed by atoms with Gasteiger partial charge in [-0.3, -0.25) is 4.98 Å². The molecular formula is C13H20N2O. The molecule has 16 heavy (non-hydrogen) atoms. The van der Waals surface area contributed by atoms with E-state index >= 15 is 0 Å². The second-order valence-corrected chi connectivity index (χ2v) is 4.66. The largest absolute Gasteiger partial charge is 0.495 e. The van der Waals surface area contributed by atoms with Crippen LogP contribution in [-0.2, 0) is 5.41 Å². The Morgan fingerprint density at radius 2 is 2.06 bits per heavy atom. The van der Waals surface area contributed by atoms with Gasteiger partial charge in [-0.25, -0.2) is 0 Å². The Bertz CT molecular complexity index is 346. The molecule has 1 saturated carbocycles. The molecule has 2 rings (SSSR count). The van der Waals surface area contributed by atoms with E-state index in [4.69, 9.17) is 10.5 Å². The van der Waals surface area contributed by atoms with Crippen molar-refractivity contribution >= 4 is 0 Å². The summed E-state index contributed by atoms with van der Waals surface area (Å²) in [6.07, 6.45) is 9.93. The smallest absolute Gasteiger partial charge is 0.137 e. The van der Waals surface area contributed by atoms with Crippen molar-refractivity contribution in [1.29, 1.82) is 0 Å². The molecule has 0 spiro atoms. The molecule has 1 aliphatic carbocycles. The van der Waals surface area contributed by atoms with Crippen LogP contribution in [0.1, 0.15) is 37.7 Å². The first kappa shape index (κ1) is 11.4. The van der Waals surface area contributed by atoms with E-state index in [1.807, 2.05) is 6.20 Å². The fraction of sp³-hybridized carbons (Fsp3) is 0.615. The standard InChI is InChI=1S/C13H20N2O/c1-16-12-7-11(8-15-9-12)13(10-14)5-3-2-4-6-13/h7-9H,2-6,10,14H2,1H3. The minimum atomic E-state index is 0.139. The zero-order valence-electron chi connectivity index (χ0n) is 9.91. The highest BCUT2D eigenvalue weighted by Crippen LogP contribution is 2.39. The second-order valence-electron chi connectivity index (χ2n) is 4.66. The quantitative estimate of drug-likeness (QED) is 0.850. The Labute approximate surface area is 97.0 Å². The van der Waals surface area contributed by atoms with Gasteiger partial charge in [0.1, 0.15) is 5.75 Å². The summed E-state index contributed by atoms with van der Waals surface area (Å²) in [4.78, 5) is 4.24. The van der Waals surface area contributed by atoms with Crippen LogP contribution in [0, 0.1) is 0 Å². The highest BCUT2D eigenvalue weighted by Gasteiger charge is 2.32. The van der Waals surface area contributed by atoms with Crippen molar-refractivity contribution in [2.75, 3.05) is 13.7 Å². The summed E-state index contributed by atoms with van der Waals surface area (Å²) in [5.41, 5.74) is 7.38. The van der Waals surface area contributed by atoms with Crippen molar-refractivity contribution in [1.82, 2.24) is 4.98 Å². The third-order valence-electron chi connectivity index (χ3n) is 3.76. The van der Waals surface area contributed by atoms with Gasteiger partial charge >= 0.3 is 0 Å². The molecule has 1 heterocycles. The van der Waals surface area contributed by atoms with Gasteiger partial charge < -0.3 is 10.5 Å². The van der Waals surface area contributed by atoms with Crippen molar-refractivity contribution < 1.29 is 4.74 Å². The van der Waals surface area contributed by atoms with Gasteiger partial charge in [-0.2, -0.15) is 0 Å². The molecule has 0 unspecified atom stereocenters. The van der Waals surface area contributed by atoms with E-state index in [-0.39, 0.29) is 5.41 Å². The molecule has 0 atom stereocenters. The number of hydrogen-bond donors (Lipinski definition) is 1. The van der Waals surface area contributed by atoms with Crippen LogP contribution in [-0.4, -0.2) is 18.6 Å². The molecule has 3 nitrogen and oxygen atoms in total. The highest BCUT2D eigenvalue weighted by atomic mass is 16.5. The number of aromatic nitrogens is 1. The predicted molar refractivity (Wildman–Crippen MR) is 64.6 cm³/mol. The molecule has 0 aromatic carbocycles. The third kappa shape index (κ3) is 2.05. The van der Waals surface area contributed by atoms with Crippen molar-refractivity contribution in [2.45, 2.75) is 37.5 Å². The summed E-state index contributed by atoms with van der Waals surface area (Å²) >= 11 is 0. The molecule has 1 aromatic heterocycles. The lowest BCUT2D eigenvalue weighted by molar-refractivity contribution is 0.298. The van der Waals surface area contributed by atoms with Crippen LogP contribution < -0.4 is 10.5 Å². The maximum atomic E-state index is 5.99. The molecular weight excluding hydrogens is 200 g/mol. The van der Waals surface area contributed by atoms with E-state index in [0.717, 1.165) is 5.75 Å². The number of hydrogen-bond acceptors (Lipinski definition) is 3. The van der Waals surface area contributed by atoms with Gasteiger partial charge in [-0.15, -0.1) is 0 Å². The fourth-order valence-electron chi connectivity index (χ4n) is 2.66. The maximum absolute atomic E-state index is 5.99. The van der Waals surface area contributed by atoms with Gasteiger partial charge in [0, 0.05) is 18.2 Å². The van der Waals surface area contributed by atoms with Crippen molar-refractivity contribution in [2.24, 2.45) is 5.73 Å². The number of pyridine rings is 1. The molecule has 0 radical (unpaired) electrons. The van der Waals surface area contributed by atoms with E-state index in [1.54, 1.807) is 13.3 Å². The molecule has 1 aromatic rings. The second kappa shape index (κ2) is 4.83. The van der Waals surface area contributed by atoms with E-state index in [2.05, 4.69) is 11.1 Å². The summed E-state index contributed by atoms with van der Waals surface area (Å²) in [6, 6.07) is 2.09. The molecule has 1 aliphatic rings. The van der Waals surface area contributed by atoms with Gasteiger partial charge in [0.25, 0.3) is 0 Å². The van der Waals surface area contributed by atoms with Crippen LogP contribution in [0.3, 0.4) is 0 Å². The molecule has 0 bridgehead atoms. The average molecular weight is 220 g/mol. The van der Waals surface area contributed by atoms with Gasteiger partial charge in [-0.05, 0) is 24.5 Å². The van der Waals surface area contributed by atoms with E-state index < -0.39 is 0 Å². The Morgan fingerprint density at radius 1 is 1.31 bits per heavy atom. The van der Waals surface area contributed by atoms with Crippen LogP contribution in [0.15, 0.2) is 18.5 Å². The van der Waals surface area contributed by atoms with E-state index in [9.17, 15) is 0 Å². The number of methoxy groups -OCH3 is 1. The third-order valence-corrected chi connectivity index (χ3v) is 3.76. The summed E-state index contributed by atoms with van der Waals surface area (Å²) in [5, 5.41) is 0. The summed E-state index contributed by atoms with van der Waals surface area (Å²) < 4.78 is 5.23. The van der Waals surface area contributed by atoms with Crippen LogP contribution >= 0.6 is 0 Å². The van der Waals surface area contributed by atoms with E-state index in [0.29, 0.717) is 6.54 Å². The predicted octanol–water partition coefficient (Wildman–Crippen LogP) is 2.25. The van der Waals surface area contributed by atoms with Crippen LogP contribution in [0.5, 0.6) is 5.75 Å². The summed E-state index contributed by atoms with van der Waals surface area (Å²) in [6.45, 7) is 0.710. The maximum Gasteiger partial charge on any atom is 0.137 e. The van der Waals surface area contributed by atoms with Crippen LogP contribution in [0.4, 0.5) is 0 Å². The number of rotatable bonds is 3. The number of nitrogens with zero attached hydrogens (tertiary/aromatic N) is 1. The van der Waals surface area contributed by atoms with Crippen molar-refractivity contribution in [3.63, 3.8) is 0 Å². The van der Waals surface area contributed by atoms with Gasteiger partial charge in [0.05, 0.1) is 13.3 Å². The number of ether oxygens (including phenoxy) is 1. The first-order chi connectivity index (χ1) is 7.80. The topological polar surface area (TPSA) is 48.1 Å². The molecule has 0 amide bonds. The minimum Gasteiger partial charge on any atom is -0.495 e. The van der Waals surface area contributed by atoms with Crippen LogP contribution in [0.25, 0.3) is 0 Å². The Morgan fingerprint density at radius 3 is 2.69 bits per heavy atom. The molecule has 1 fully saturated rings. The monoisotopic (exact) mass is 220 g/mol. The van der Waals surface area contributed by atoms with E-state index in [1.165, 1.54) is 37.7 Å². The SMILES string of the molecule is COc1cncc(C2(CN)CCCCC2)c1. The first-order valence-corrected chi connectivity index (χ1v) is 6.00. The van der Waals surface area contributed by atoms with Crippen LogP contribution in [0.2, 0.25) is 0 Å². The Hall–Kier alpha value is -1.09. The Balaban J connectivity index is 2.31. The molecule has 0 saturated heterocycles. The fourth-order valence-corrected chi connectivity index (χ4v) is 2.66. The lowest BCUT2D eigenvalue weighted by Crippen LogP contribution is -2.37. The average Bonchev–Trinajstić information content (AvgIpc) is 2.39.